The van der Waals surface area contributed by atoms with Crippen LogP contribution >= 0.6 is 0 Å². The van der Waals surface area contributed by atoms with Crippen LogP contribution in [-0.2, 0) is 11.3 Å². The number of phenols is 1. The fourth-order valence-electron chi connectivity index (χ4n) is 3.03. The predicted molar refractivity (Wildman–Crippen MR) is 100 cm³/mol. The maximum absolute atomic E-state index is 12.7. The second-order valence-electron chi connectivity index (χ2n) is 6.28. The van der Waals surface area contributed by atoms with Crippen molar-refractivity contribution >= 4 is 11.6 Å². The van der Waals surface area contributed by atoms with Crippen molar-refractivity contribution < 1.29 is 24.3 Å². The van der Waals surface area contributed by atoms with Crippen molar-refractivity contribution in [2.45, 2.75) is 12.6 Å². The lowest BCUT2D eigenvalue weighted by atomic mass is 9.99. The third-order valence-corrected chi connectivity index (χ3v) is 4.46. The normalized spacial score (nSPS) is 16.4. The summed E-state index contributed by atoms with van der Waals surface area (Å²) in [6.45, 7) is 1.79. The van der Waals surface area contributed by atoms with Gasteiger partial charge < -0.3 is 25.2 Å². The van der Waals surface area contributed by atoms with E-state index >= 15 is 0 Å². The van der Waals surface area contributed by atoms with Gasteiger partial charge in [0.05, 0.1) is 24.7 Å². The summed E-state index contributed by atoms with van der Waals surface area (Å²) in [4.78, 5) is 23.4. The lowest BCUT2D eigenvalue weighted by molar-refractivity contribution is -0.385. The molecule has 1 saturated heterocycles. The van der Waals surface area contributed by atoms with E-state index in [1.807, 2.05) is 0 Å². The van der Waals surface area contributed by atoms with Gasteiger partial charge in [-0.15, -0.1) is 0 Å². The number of hydrogen-bond acceptors (Lipinski definition) is 7. The number of nitrogens with zero attached hydrogens (tertiary/aromatic N) is 1. The molecule has 1 amide bonds. The summed E-state index contributed by atoms with van der Waals surface area (Å²) in [5, 5.41) is 26.9. The summed E-state index contributed by atoms with van der Waals surface area (Å²) >= 11 is 0. The molecule has 1 unspecified atom stereocenters. The number of nitro groups is 1. The molecule has 3 N–H and O–H groups in total. The minimum absolute atomic E-state index is 0.0213. The van der Waals surface area contributed by atoms with E-state index in [4.69, 9.17) is 9.47 Å². The van der Waals surface area contributed by atoms with Gasteiger partial charge in [0.2, 0.25) is 0 Å². The molecule has 1 aliphatic heterocycles. The monoisotopic (exact) mass is 387 g/mol. The highest BCUT2D eigenvalue weighted by Gasteiger charge is 2.24. The number of rotatable bonds is 6. The average Bonchev–Trinajstić information content (AvgIpc) is 2.72. The third-order valence-electron chi connectivity index (χ3n) is 4.46. The Balaban J connectivity index is 1.80. The molecule has 0 aromatic heterocycles. The van der Waals surface area contributed by atoms with Crippen molar-refractivity contribution in [2.24, 2.45) is 0 Å². The summed E-state index contributed by atoms with van der Waals surface area (Å²) < 4.78 is 10.7. The van der Waals surface area contributed by atoms with E-state index < -0.39 is 11.0 Å². The van der Waals surface area contributed by atoms with E-state index in [0.717, 1.165) is 0 Å². The minimum Gasteiger partial charge on any atom is -0.504 e. The highest BCUT2D eigenvalue weighted by Crippen LogP contribution is 2.28. The van der Waals surface area contributed by atoms with Gasteiger partial charge in [-0.2, -0.15) is 0 Å². The molecule has 1 aliphatic rings. The van der Waals surface area contributed by atoms with Gasteiger partial charge in [-0.05, 0) is 23.8 Å². The molecule has 3 rings (SSSR count). The predicted octanol–water partition coefficient (Wildman–Crippen LogP) is 1.90. The first-order chi connectivity index (χ1) is 13.5. The number of nitrogens with one attached hydrogen (secondary N) is 2. The number of ether oxygens (including phenoxy) is 2. The quantitative estimate of drug-likeness (QED) is 0.511. The molecule has 0 saturated carbocycles. The summed E-state index contributed by atoms with van der Waals surface area (Å²) in [5.74, 6) is -0.0592. The molecule has 1 heterocycles. The smallest absolute Gasteiger partial charge is 0.269 e. The lowest BCUT2D eigenvalue weighted by Crippen LogP contribution is -2.35. The van der Waals surface area contributed by atoms with Gasteiger partial charge in [-0.3, -0.25) is 14.9 Å². The Kier molecular flexibility index (Phi) is 6.07. The van der Waals surface area contributed by atoms with Crippen molar-refractivity contribution in [2.75, 3.05) is 26.8 Å². The van der Waals surface area contributed by atoms with Crippen molar-refractivity contribution in [1.82, 2.24) is 10.6 Å². The topological polar surface area (TPSA) is 123 Å². The molecule has 0 aliphatic carbocycles. The van der Waals surface area contributed by atoms with E-state index in [1.54, 1.807) is 12.1 Å². The molecular weight excluding hydrogens is 366 g/mol. The zero-order valence-electron chi connectivity index (χ0n) is 15.3. The molecule has 2 aromatic carbocycles. The summed E-state index contributed by atoms with van der Waals surface area (Å²) in [5.41, 5.74) is 1.38. The number of hydrogen-bond donors (Lipinski definition) is 3. The minimum atomic E-state index is -0.498. The van der Waals surface area contributed by atoms with Gasteiger partial charge in [-0.25, -0.2) is 0 Å². The first-order valence-corrected chi connectivity index (χ1v) is 8.74. The summed E-state index contributed by atoms with van der Waals surface area (Å²) in [6, 6.07) is 8.95. The van der Waals surface area contributed by atoms with Gasteiger partial charge in [0.15, 0.2) is 11.5 Å². The molecule has 1 atom stereocenters. The van der Waals surface area contributed by atoms with E-state index in [9.17, 15) is 20.0 Å². The van der Waals surface area contributed by atoms with E-state index in [2.05, 4.69) is 10.6 Å². The molecule has 2 aromatic rings. The number of morpholine rings is 1. The van der Waals surface area contributed by atoms with Crippen molar-refractivity contribution in [1.29, 1.82) is 0 Å². The Morgan fingerprint density at radius 2 is 2.21 bits per heavy atom. The van der Waals surface area contributed by atoms with Crippen molar-refractivity contribution in [3.05, 3.63) is 63.2 Å². The number of nitro benzene ring substituents is 1. The highest BCUT2D eigenvalue weighted by atomic mass is 16.6. The number of phenolic OH excluding ortho intramolecular Hbond substituents is 1. The number of amides is 1. The summed E-state index contributed by atoms with van der Waals surface area (Å²) in [7, 11) is 1.45. The Labute approximate surface area is 161 Å². The zero-order chi connectivity index (χ0) is 20.1. The van der Waals surface area contributed by atoms with Crippen LogP contribution in [-0.4, -0.2) is 42.7 Å². The molecule has 1 fully saturated rings. The van der Waals surface area contributed by atoms with E-state index in [-0.39, 0.29) is 23.9 Å². The maximum atomic E-state index is 12.7. The largest absolute Gasteiger partial charge is 0.504 e. The number of methoxy groups -OCH3 is 1. The van der Waals surface area contributed by atoms with Gasteiger partial charge in [0.1, 0.15) is 0 Å². The first-order valence-electron chi connectivity index (χ1n) is 8.74. The Hall–Kier alpha value is -3.17. The molecular formula is C19H21N3O6. The van der Waals surface area contributed by atoms with Crippen LogP contribution in [0.4, 0.5) is 5.69 Å². The van der Waals surface area contributed by atoms with Crippen LogP contribution in [0, 0.1) is 10.1 Å². The Morgan fingerprint density at radius 1 is 1.39 bits per heavy atom. The maximum Gasteiger partial charge on any atom is 0.269 e. The van der Waals surface area contributed by atoms with Crippen LogP contribution in [0.5, 0.6) is 11.5 Å². The number of carbonyl (C=O) groups is 1. The molecule has 28 heavy (non-hydrogen) atoms. The van der Waals surface area contributed by atoms with Crippen LogP contribution in [0.1, 0.15) is 27.6 Å². The van der Waals surface area contributed by atoms with E-state index in [0.29, 0.717) is 42.1 Å². The third kappa shape index (κ3) is 4.38. The lowest BCUT2D eigenvalue weighted by Gasteiger charge is -2.25. The van der Waals surface area contributed by atoms with E-state index in [1.165, 1.54) is 31.4 Å². The average molecular weight is 387 g/mol. The summed E-state index contributed by atoms with van der Waals surface area (Å²) in [6.07, 6.45) is -0.445. The number of benzene rings is 2. The van der Waals surface area contributed by atoms with Crippen LogP contribution in [0.25, 0.3) is 0 Å². The highest BCUT2D eigenvalue weighted by molar-refractivity contribution is 5.96. The van der Waals surface area contributed by atoms with Gasteiger partial charge in [0, 0.05) is 42.9 Å². The molecule has 0 radical (unpaired) electrons. The number of aromatic hydroxyl groups is 1. The second kappa shape index (κ2) is 8.68. The standard InChI is InChI=1S/C19H21N3O6/c1-27-17-5-2-12(8-16(17)23)10-21-19(24)14-4-3-13(22(25)26)9-15(14)18-11-20-6-7-28-18/h2-5,8-9,18,20,23H,6-7,10-11H2,1H3,(H,21,24). The fourth-order valence-corrected chi connectivity index (χ4v) is 3.03. The van der Waals surface area contributed by atoms with Crippen LogP contribution in [0.2, 0.25) is 0 Å². The van der Waals surface area contributed by atoms with Crippen LogP contribution < -0.4 is 15.4 Å². The number of carbonyl (C=O) groups excluding carboxylic acids is 1. The van der Waals surface area contributed by atoms with Crippen molar-refractivity contribution in [3.8, 4) is 11.5 Å². The van der Waals surface area contributed by atoms with Gasteiger partial charge >= 0.3 is 0 Å². The molecule has 9 nitrogen and oxygen atoms in total. The zero-order valence-corrected chi connectivity index (χ0v) is 15.3. The Bertz CT molecular complexity index is 880. The SMILES string of the molecule is COc1ccc(CNC(=O)c2ccc([N+](=O)[O-])cc2C2CNCCO2)cc1O. The molecule has 148 valence electrons. The number of non-ortho nitro benzene ring substituents is 1. The van der Waals surface area contributed by atoms with Crippen LogP contribution in [0.3, 0.4) is 0 Å². The fraction of sp³-hybridized carbons (Fsp3) is 0.316. The van der Waals surface area contributed by atoms with Crippen LogP contribution in [0.15, 0.2) is 36.4 Å². The first kappa shape index (κ1) is 19.6. The van der Waals surface area contributed by atoms with Gasteiger partial charge in [0.25, 0.3) is 11.6 Å². The Morgan fingerprint density at radius 3 is 2.86 bits per heavy atom. The second-order valence-corrected chi connectivity index (χ2v) is 6.28. The molecule has 0 spiro atoms. The van der Waals surface area contributed by atoms with Crippen molar-refractivity contribution in [3.63, 3.8) is 0 Å². The molecule has 0 bridgehead atoms. The molecule has 9 heteroatoms. The van der Waals surface area contributed by atoms with Gasteiger partial charge in [-0.1, -0.05) is 6.07 Å².